The summed E-state index contributed by atoms with van der Waals surface area (Å²) in [7, 11) is 0. The molecule has 0 aliphatic rings. The third kappa shape index (κ3) is 4.35. The largest absolute Gasteiger partial charge is 0.484 e. The van der Waals surface area contributed by atoms with Crippen molar-refractivity contribution in [1.82, 2.24) is 4.98 Å². The second kappa shape index (κ2) is 8.28. The second-order valence-electron chi connectivity index (χ2n) is 6.49. The minimum atomic E-state index is -0.363. The van der Waals surface area contributed by atoms with Gasteiger partial charge in [-0.1, -0.05) is 30.3 Å². The first-order chi connectivity index (χ1) is 14.1. The van der Waals surface area contributed by atoms with Crippen LogP contribution in [0, 0.1) is 6.92 Å². The van der Waals surface area contributed by atoms with Gasteiger partial charge in [-0.2, -0.15) is 0 Å². The first-order valence-electron chi connectivity index (χ1n) is 9.02. The maximum atomic E-state index is 12.5. The van der Waals surface area contributed by atoms with Crippen molar-refractivity contribution in [3.63, 3.8) is 0 Å². The summed E-state index contributed by atoms with van der Waals surface area (Å²) in [6.45, 7) is 1.75. The van der Waals surface area contributed by atoms with Gasteiger partial charge in [-0.25, -0.2) is 9.78 Å². The van der Waals surface area contributed by atoms with E-state index in [-0.39, 0.29) is 18.1 Å². The average Bonchev–Trinajstić information content (AvgIpc) is 3.23. The van der Waals surface area contributed by atoms with E-state index in [1.54, 1.807) is 23.7 Å². The molecule has 29 heavy (non-hydrogen) atoms. The molecule has 2 aromatic heterocycles. The van der Waals surface area contributed by atoms with Gasteiger partial charge in [0.05, 0.1) is 0 Å². The standard InChI is InChI=1S/C22H18N2O4S/c1-14-17-8-7-16(27-13-20(25)24-22-23-9-10-29-22)12-19(17)28-21(26)18(14)11-15-5-3-2-4-6-15/h2-10,12H,11,13H2,1H3,(H,23,24,25). The Morgan fingerprint density at radius 3 is 2.79 bits per heavy atom. The van der Waals surface area contributed by atoms with Crippen molar-refractivity contribution in [2.24, 2.45) is 0 Å². The number of rotatable bonds is 6. The minimum absolute atomic E-state index is 0.166. The molecule has 0 aliphatic heterocycles. The van der Waals surface area contributed by atoms with Crippen LogP contribution in [0.25, 0.3) is 11.0 Å². The Balaban J connectivity index is 1.53. The Morgan fingerprint density at radius 1 is 1.21 bits per heavy atom. The molecule has 1 amide bonds. The van der Waals surface area contributed by atoms with Crippen LogP contribution >= 0.6 is 11.3 Å². The Bertz CT molecular complexity index is 1200. The highest BCUT2D eigenvalue weighted by Crippen LogP contribution is 2.25. The fourth-order valence-electron chi connectivity index (χ4n) is 3.06. The van der Waals surface area contributed by atoms with Crippen LogP contribution in [-0.2, 0) is 11.2 Å². The highest BCUT2D eigenvalue weighted by atomic mass is 32.1. The summed E-state index contributed by atoms with van der Waals surface area (Å²) in [6, 6.07) is 15.0. The molecule has 0 saturated heterocycles. The number of fused-ring (bicyclic) bond motifs is 1. The van der Waals surface area contributed by atoms with Crippen molar-refractivity contribution < 1.29 is 13.9 Å². The fourth-order valence-corrected chi connectivity index (χ4v) is 3.60. The molecule has 2 aromatic carbocycles. The molecule has 0 fully saturated rings. The molecule has 0 bridgehead atoms. The number of benzene rings is 2. The smallest absolute Gasteiger partial charge is 0.340 e. The molecule has 0 spiro atoms. The van der Waals surface area contributed by atoms with Crippen LogP contribution in [0.3, 0.4) is 0 Å². The van der Waals surface area contributed by atoms with Crippen molar-refractivity contribution in [1.29, 1.82) is 0 Å². The zero-order chi connectivity index (χ0) is 20.2. The number of amides is 1. The number of anilines is 1. The van der Waals surface area contributed by atoms with Crippen LogP contribution in [-0.4, -0.2) is 17.5 Å². The summed E-state index contributed by atoms with van der Waals surface area (Å²) in [5.74, 6) is 0.140. The lowest BCUT2D eigenvalue weighted by atomic mass is 10.00. The van der Waals surface area contributed by atoms with E-state index in [9.17, 15) is 9.59 Å². The topological polar surface area (TPSA) is 81.4 Å². The van der Waals surface area contributed by atoms with Crippen molar-refractivity contribution in [2.45, 2.75) is 13.3 Å². The number of hydrogen-bond donors (Lipinski definition) is 1. The molecule has 0 saturated carbocycles. The highest BCUT2D eigenvalue weighted by molar-refractivity contribution is 7.13. The summed E-state index contributed by atoms with van der Waals surface area (Å²) >= 11 is 1.33. The third-order valence-electron chi connectivity index (χ3n) is 4.53. The second-order valence-corrected chi connectivity index (χ2v) is 7.38. The highest BCUT2D eigenvalue weighted by Gasteiger charge is 2.13. The molecule has 2 heterocycles. The Kier molecular flexibility index (Phi) is 5.39. The Labute approximate surface area is 170 Å². The number of carbonyl (C=O) groups excluding carboxylic acids is 1. The van der Waals surface area contributed by atoms with Gasteiger partial charge in [-0.15, -0.1) is 11.3 Å². The van der Waals surface area contributed by atoms with E-state index < -0.39 is 0 Å². The molecule has 0 aliphatic carbocycles. The summed E-state index contributed by atoms with van der Waals surface area (Å²) < 4.78 is 11.1. The van der Waals surface area contributed by atoms with Crippen LogP contribution < -0.4 is 15.7 Å². The van der Waals surface area contributed by atoms with Gasteiger partial charge in [-0.3, -0.25) is 10.1 Å². The minimum Gasteiger partial charge on any atom is -0.484 e. The molecule has 1 N–H and O–H groups in total. The maximum absolute atomic E-state index is 12.5. The monoisotopic (exact) mass is 406 g/mol. The quantitative estimate of drug-likeness (QED) is 0.486. The summed E-state index contributed by atoms with van der Waals surface area (Å²) in [5.41, 5.74) is 2.64. The van der Waals surface area contributed by atoms with E-state index in [1.807, 2.05) is 43.3 Å². The van der Waals surface area contributed by atoms with Gasteiger partial charge in [-0.05, 0) is 30.2 Å². The zero-order valence-electron chi connectivity index (χ0n) is 15.7. The predicted octanol–water partition coefficient (Wildman–Crippen LogP) is 4.17. The predicted molar refractivity (Wildman–Crippen MR) is 113 cm³/mol. The van der Waals surface area contributed by atoms with Crippen molar-refractivity contribution in [3.05, 3.63) is 87.2 Å². The molecule has 146 valence electrons. The average molecular weight is 406 g/mol. The number of carbonyl (C=O) groups is 1. The van der Waals surface area contributed by atoms with E-state index in [0.29, 0.717) is 28.4 Å². The van der Waals surface area contributed by atoms with Crippen LogP contribution in [0.5, 0.6) is 5.75 Å². The molecule has 0 atom stereocenters. The van der Waals surface area contributed by atoms with Crippen LogP contribution in [0.15, 0.2) is 69.3 Å². The number of nitrogens with zero attached hydrogens (tertiary/aromatic N) is 1. The third-order valence-corrected chi connectivity index (χ3v) is 5.22. The number of aryl methyl sites for hydroxylation is 1. The number of thiazole rings is 1. The molecular formula is C22H18N2O4S. The van der Waals surface area contributed by atoms with Gasteiger partial charge < -0.3 is 9.15 Å². The number of aromatic nitrogens is 1. The lowest BCUT2D eigenvalue weighted by Gasteiger charge is -2.10. The SMILES string of the molecule is Cc1c(Cc2ccccc2)c(=O)oc2cc(OCC(=O)Nc3nccs3)ccc12. The van der Waals surface area contributed by atoms with E-state index in [0.717, 1.165) is 16.5 Å². The summed E-state index contributed by atoms with van der Waals surface area (Å²) in [4.78, 5) is 28.5. The summed E-state index contributed by atoms with van der Waals surface area (Å²) in [5, 5.41) is 5.78. The van der Waals surface area contributed by atoms with Crippen LogP contribution in [0.2, 0.25) is 0 Å². The van der Waals surface area contributed by atoms with Gasteiger partial charge in [0, 0.05) is 35.0 Å². The molecule has 4 rings (SSSR count). The number of ether oxygens (including phenoxy) is 1. The molecular weight excluding hydrogens is 388 g/mol. The first kappa shape index (κ1) is 18.9. The van der Waals surface area contributed by atoms with Crippen LogP contribution in [0.1, 0.15) is 16.7 Å². The van der Waals surface area contributed by atoms with E-state index >= 15 is 0 Å². The molecule has 6 nitrogen and oxygen atoms in total. The van der Waals surface area contributed by atoms with Crippen molar-refractivity contribution >= 4 is 33.3 Å². The number of hydrogen-bond acceptors (Lipinski definition) is 6. The molecule has 0 radical (unpaired) electrons. The molecule has 7 heteroatoms. The van der Waals surface area contributed by atoms with Gasteiger partial charge >= 0.3 is 5.63 Å². The lowest BCUT2D eigenvalue weighted by Crippen LogP contribution is -2.20. The Morgan fingerprint density at radius 2 is 2.03 bits per heavy atom. The van der Waals surface area contributed by atoms with Gasteiger partial charge in [0.25, 0.3) is 5.91 Å². The van der Waals surface area contributed by atoms with Gasteiger partial charge in [0.2, 0.25) is 0 Å². The first-order valence-corrected chi connectivity index (χ1v) is 9.90. The molecule has 0 unspecified atom stereocenters. The van der Waals surface area contributed by atoms with E-state index in [2.05, 4.69) is 10.3 Å². The lowest BCUT2D eigenvalue weighted by molar-refractivity contribution is -0.118. The fraction of sp³-hybridized carbons (Fsp3) is 0.136. The van der Waals surface area contributed by atoms with E-state index in [4.69, 9.17) is 9.15 Å². The van der Waals surface area contributed by atoms with Crippen molar-refractivity contribution in [2.75, 3.05) is 11.9 Å². The normalized spacial score (nSPS) is 10.8. The summed E-state index contributed by atoms with van der Waals surface area (Å²) in [6.07, 6.45) is 2.13. The number of nitrogens with one attached hydrogen (secondary N) is 1. The Hall–Kier alpha value is -3.45. The molecule has 4 aromatic rings. The van der Waals surface area contributed by atoms with Crippen molar-refractivity contribution in [3.8, 4) is 5.75 Å². The van der Waals surface area contributed by atoms with Crippen LogP contribution in [0.4, 0.5) is 5.13 Å². The van der Waals surface area contributed by atoms with Gasteiger partial charge in [0.15, 0.2) is 11.7 Å². The maximum Gasteiger partial charge on any atom is 0.340 e. The van der Waals surface area contributed by atoms with Gasteiger partial charge in [0.1, 0.15) is 11.3 Å². The zero-order valence-corrected chi connectivity index (χ0v) is 16.5. The van der Waals surface area contributed by atoms with E-state index in [1.165, 1.54) is 11.3 Å².